The molecule has 4 unspecified atom stereocenters. The first-order chi connectivity index (χ1) is 7.24. The molecule has 0 aromatic rings. The molecule has 0 spiro atoms. The van der Waals surface area contributed by atoms with Gasteiger partial charge >= 0.3 is 5.97 Å². The van der Waals surface area contributed by atoms with Crippen LogP contribution in [0.3, 0.4) is 0 Å². The summed E-state index contributed by atoms with van der Waals surface area (Å²) in [5.41, 5.74) is 0.592. The predicted octanol–water partition coefficient (Wildman–Crippen LogP) is 3.40. The number of esters is 1. The SMILES string of the molecule is CC1C(=O)OC2CC(C)(C(C)(C)C)CCC21. The molecule has 0 aromatic carbocycles. The van der Waals surface area contributed by atoms with Crippen molar-refractivity contribution in [3.8, 4) is 0 Å². The zero-order valence-electron chi connectivity index (χ0n) is 11.2. The molecule has 1 aliphatic heterocycles. The number of hydrogen-bond acceptors (Lipinski definition) is 2. The number of carbonyl (C=O) groups is 1. The van der Waals surface area contributed by atoms with Crippen LogP contribution in [-0.4, -0.2) is 12.1 Å². The van der Waals surface area contributed by atoms with E-state index in [0.29, 0.717) is 11.3 Å². The molecule has 0 amide bonds. The third-order valence-electron chi connectivity index (χ3n) is 5.25. The maximum Gasteiger partial charge on any atom is 0.309 e. The van der Waals surface area contributed by atoms with Crippen molar-refractivity contribution in [2.75, 3.05) is 0 Å². The second-order valence-corrected chi connectivity index (χ2v) is 6.98. The molecule has 0 bridgehead atoms. The molecule has 0 radical (unpaired) electrons. The van der Waals surface area contributed by atoms with Gasteiger partial charge in [0.1, 0.15) is 6.10 Å². The Morgan fingerprint density at radius 1 is 1.38 bits per heavy atom. The van der Waals surface area contributed by atoms with Crippen molar-refractivity contribution in [2.24, 2.45) is 22.7 Å². The lowest BCUT2D eigenvalue weighted by molar-refractivity contribution is -0.146. The summed E-state index contributed by atoms with van der Waals surface area (Å²) < 4.78 is 5.53. The van der Waals surface area contributed by atoms with Crippen LogP contribution in [0.25, 0.3) is 0 Å². The van der Waals surface area contributed by atoms with E-state index in [1.807, 2.05) is 6.92 Å². The highest BCUT2D eigenvalue weighted by molar-refractivity contribution is 5.74. The van der Waals surface area contributed by atoms with E-state index in [2.05, 4.69) is 27.7 Å². The van der Waals surface area contributed by atoms with Gasteiger partial charge in [-0.2, -0.15) is 0 Å². The first-order valence-electron chi connectivity index (χ1n) is 6.45. The Morgan fingerprint density at radius 3 is 2.56 bits per heavy atom. The molecule has 16 heavy (non-hydrogen) atoms. The minimum atomic E-state index is 0.0214. The Morgan fingerprint density at radius 2 is 2.00 bits per heavy atom. The molecule has 2 heteroatoms. The molecule has 4 atom stereocenters. The van der Waals surface area contributed by atoms with Crippen LogP contribution >= 0.6 is 0 Å². The first kappa shape index (κ1) is 11.9. The van der Waals surface area contributed by atoms with Crippen molar-refractivity contribution >= 4 is 5.97 Å². The average molecular weight is 224 g/mol. The molecule has 1 aliphatic carbocycles. The van der Waals surface area contributed by atoms with E-state index in [4.69, 9.17) is 4.74 Å². The molecule has 2 nitrogen and oxygen atoms in total. The number of carbonyl (C=O) groups excluding carboxylic acids is 1. The van der Waals surface area contributed by atoms with Crippen LogP contribution in [0.15, 0.2) is 0 Å². The Kier molecular flexibility index (Phi) is 2.60. The third kappa shape index (κ3) is 1.66. The van der Waals surface area contributed by atoms with Gasteiger partial charge in [0.2, 0.25) is 0 Å². The molecule has 2 fully saturated rings. The quantitative estimate of drug-likeness (QED) is 0.589. The summed E-state index contributed by atoms with van der Waals surface area (Å²) >= 11 is 0. The lowest BCUT2D eigenvalue weighted by Gasteiger charge is -2.48. The average Bonchev–Trinajstić information content (AvgIpc) is 2.40. The number of rotatable bonds is 0. The summed E-state index contributed by atoms with van der Waals surface area (Å²) in [5.74, 6) is 0.616. The molecule has 1 saturated carbocycles. The standard InChI is InChI=1S/C14H24O2/c1-9-10-6-7-14(5,13(2,3)4)8-11(10)16-12(9)15/h9-11H,6-8H2,1-5H3. The monoisotopic (exact) mass is 224 g/mol. The summed E-state index contributed by atoms with van der Waals surface area (Å²) in [4.78, 5) is 11.6. The Hall–Kier alpha value is -0.530. The highest BCUT2D eigenvalue weighted by atomic mass is 16.6. The van der Waals surface area contributed by atoms with Crippen molar-refractivity contribution in [3.63, 3.8) is 0 Å². The molecule has 1 saturated heterocycles. The zero-order valence-corrected chi connectivity index (χ0v) is 11.2. The number of ether oxygens (including phenoxy) is 1. The van der Waals surface area contributed by atoms with Gasteiger partial charge in [0, 0.05) is 5.92 Å². The van der Waals surface area contributed by atoms with Gasteiger partial charge in [0.05, 0.1) is 5.92 Å². The van der Waals surface area contributed by atoms with E-state index in [1.165, 1.54) is 6.42 Å². The lowest BCUT2D eigenvalue weighted by Crippen LogP contribution is -2.42. The second kappa shape index (κ2) is 3.48. The highest BCUT2D eigenvalue weighted by Gasteiger charge is 2.51. The normalized spacial score (nSPS) is 44.1. The van der Waals surface area contributed by atoms with E-state index < -0.39 is 0 Å². The fourth-order valence-corrected chi connectivity index (χ4v) is 3.18. The molecule has 1 heterocycles. The number of hydrogen-bond donors (Lipinski definition) is 0. The van der Waals surface area contributed by atoms with Gasteiger partial charge in [-0.3, -0.25) is 4.79 Å². The van der Waals surface area contributed by atoms with Crippen LogP contribution in [-0.2, 0) is 9.53 Å². The van der Waals surface area contributed by atoms with Crippen molar-refractivity contribution in [1.29, 1.82) is 0 Å². The smallest absolute Gasteiger partial charge is 0.309 e. The number of fused-ring (bicyclic) bond motifs is 1. The highest BCUT2D eigenvalue weighted by Crippen LogP contribution is 2.53. The molecular formula is C14H24O2. The largest absolute Gasteiger partial charge is 0.462 e. The summed E-state index contributed by atoms with van der Waals surface area (Å²) in [6.07, 6.45) is 3.58. The van der Waals surface area contributed by atoms with Crippen molar-refractivity contribution in [1.82, 2.24) is 0 Å². The summed E-state index contributed by atoms with van der Waals surface area (Å²) in [6, 6.07) is 0. The Labute approximate surface area is 98.7 Å². The van der Waals surface area contributed by atoms with E-state index in [0.717, 1.165) is 12.8 Å². The Balaban J connectivity index is 2.16. The fourth-order valence-electron chi connectivity index (χ4n) is 3.18. The zero-order chi connectivity index (χ0) is 12.1. The van der Waals surface area contributed by atoms with Crippen LogP contribution in [0.1, 0.15) is 53.9 Å². The van der Waals surface area contributed by atoms with E-state index in [1.54, 1.807) is 0 Å². The summed E-state index contributed by atoms with van der Waals surface area (Å²) in [6.45, 7) is 11.3. The van der Waals surface area contributed by atoms with Gasteiger partial charge < -0.3 is 4.74 Å². The van der Waals surface area contributed by atoms with Gasteiger partial charge in [0.25, 0.3) is 0 Å². The van der Waals surface area contributed by atoms with Gasteiger partial charge in [-0.1, -0.05) is 34.6 Å². The maximum atomic E-state index is 11.6. The molecule has 0 aromatic heterocycles. The third-order valence-corrected chi connectivity index (χ3v) is 5.25. The van der Waals surface area contributed by atoms with Crippen LogP contribution in [0, 0.1) is 22.7 Å². The maximum absolute atomic E-state index is 11.6. The first-order valence-corrected chi connectivity index (χ1v) is 6.45. The minimum absolute atomic E-state index is 0.0214. The predicted molar refractivity (Wildman–Crippen MR) is 63.9 cm³/mol. The van der Waals surface area contributed by atoms with Crippen LogP contribution in [0.4, 0.5) is 0 Å². The molecule has 92 valence electrons. The summed E-state index contributed by atoms with van der Waals surface area (Å²) in [7, 11) is 0. The van der Waals surface area contributed by atoms with Crippen LogP contribution < -0.4 is 0 Å². The van der Waals surface area contributed by atoms with E-state index in [9.17, 15) is 4.79 Å². The Bertz CT molecular complexity index is 302. The van der Waals surface area contributed by atoms with Crippen molar-refractivity contribution in [3.05, 3.63) is 0 Å². The molecule has 0 N–H and O–H groups in total. The fraction of sp³-hybridized carbons (Fsp3) is 0.929. The molecular weight excluding hydrogens is 200 g/mol. The van der Waals surface area contributed by atoms with E-state index in [-0.39, 0.29) is 23.4 Å². The lowest BCUT2D eigenvalue weighted by atomic mass is 9.57. The van der Waals surface area contributed by atoms with Crippen LogP contribution in [0.5, 0.6) is 0 Å². The van der Waals surface area contributed by atoms with Gasteiger partial charge in [-0.25, -0.2) is 0 Å². The van der Waals surface area contributed by atoms with E-state index >= 15 is 0 Å². The van der Waals surface area contributed by atoms with Gasteiger partial charge in [0.15, 0.2) is 0 Å². The van der Waals surface area contributed by atoms with Crippen molar-refractivity contribution in [2.45, 2.75) is 60.0 Å². The minimum Gasteiger partial charge on any atom is -0.462 e. The second-order valence-electron chi connectivity index (χ2n) is 6.98. The van der Waals surface area contributed by atoms with Gasteiger partial charge in [-0.05, 0) is 30.1 Å². The topological polar surface area (TPSA) is 26.3 Å². The summed E-state index contributed by atoms with van der Waals surface area (Å²) in [5, 5.41) is 0. The molecule has 2 aliphatic rings. The van der Waals surface area contributed by atoms with Gasteiger partial charge in [-0.15, -0.1) is 0 Å². The molecule has 2 rings (SSSR count). The van der Waals surface area contributed by atoms with Crippen LogP contribution in [0.2, 0.25) is 0 Å². The van der Waals surface area contributed by atoms with Crippen molar-refractivity contribution < 1.29 is 9.53 Å².